The number of hydrogen-bond donors (Lipinski definition) is 2. The molecule has 1 amide bonds. The summed E-state index contributed by atoms with van der Waals surface area (Å²) in [5, 5.41) is 12.7. The molecule has 0 spiro atoms. The average molecular weight is 397 g/mol. The summed E-state index contributed by atoms with van der Waals surface area (Å²) < 4.78 is 5.46. The summed E-state index contributed by atoms with van der Waals surface area (Å²) in [4.78, 5) is 12.4. The molecule has 0 aliphatic heterocycles. The van der Waals surface area contributed by atoms with Crippen LogP contribution in [0.25, 0.3) is 11.3 Å². The molecule has 1 aromatic heterocycles. The number of aliphatic hydroxyl groups is 1. The van der Waals surface area contributed by atoms with E-state index in [2.05, 4.69) is 5.32 Å². The monoisotopic (exact) mass is 395 g/mol. The van der Waals surface area contributed by atoms with Crippen molar-refractivity contribution < 1.29 is 14.3 Å². The number of nitrogens with one attached hydrogen (secondary N) is 1. The quantitative estimate of drug-likeness (QED) is 0.599. The molecule has 0 atom stereocenters. The van der Waals surface area contributed by atoms with Crippen molar-refractivity contribution in [2.24, 2.45) is 0 Å². The zero-order chi connectivity index (χ0) is 18.0. The van der Waals surface area contributed by atoms with Crippen LogP contribution in [0.5, 0.6) is 0 Å². The van der Waals surface area contributed by atoms with E-state index in [1.165, 1.54) is 0 Å². The third-order valence-corrected chi connectivity index (χ3v) is 4.64. The Morgan fingerprint density at radius 3 is 2.52 bits per heavy atom. The molecule has 2 aromatic carbocycles. The van der Waals surface area contributed by atoms with Crippen LogP contribution >= 0.6 is 34.8 Å². The molecule has 0 fully saturated rings. The number of carbonyl (C=O) groups excluding carboxylic acids is 1. The standard InChI is InChI=1S/C18H12Cl3NO3/c19-14-3-1-2-13(17(14)21)18(24)22-10-4-6-12(15(20)8-10)16-7-5-11(9-23)25-16/h1-8,23H,9H2,(H,22,24). The number of anilines is 1. The zero-order valence-electron chi connectivity index (χ0n) is 12.7. The Balaban J connectivity index is 1.83. The van der Waals surface area contributed by atoms with Crippen molar-refractivity contribution >= 4 is 46.4 Å². The first-order chi connectivity index (χ1) is 12.0. The Morgan fingerprint density at radius 2 is 1.84 bits per heavy atom. The summed E-state index contributed by atoms with van der Waals surface area (Å²) in [7, 11) is 0. The molecule has 0 bridgehead atoms. The second-order valence-electron chi connectivity index (χ2n) is 5.17. The van der Waals surface area contributed by atoms with E-state index in [4.69, 9.17) is 44.3 Å². The molecule has 0 saturated heterocycles. The smallest absolute Gasteiger partial charge is 0.257 e. The van der Waals surface area contributed by atoms with Gasteiger partial charge < -0.3 is 14.8 Å². The fourth-order valence-corrected chi connectivity index (χ4v) is 2.94. The molecule has 128 valence electrons. The van der Waals surface area contributed by atoms with Crippen molar-refractivity contribution in [3.8, 4) is 11.3 Å². The zero-order valence-corrected chi connectivity index (χ0v) is 15.0. The van der Waals surface area contributed by atoms with Crippen LogP contribution in [0.15, 0.2) is 52.9 Å². The van der Waals surface area contributed by atoms with Gasteiger partial charge >= 0.3 is 0 Å². The number of aliphatic hydroxyl groups excluding tert-OH is 1. The summed E-state index contributed by atoms with van der Waals surface area (Å²) in [5.74, 6) is 0.584. The minimum absolute atomic E-state index is 0.188. The van der Waals surface area contributed by atoms with E-state index in [-0.39, 0.29) is 17.2 Å². The Labute approximate surface area is 158 Å². The van der Waals surface area contributed by atoms with Crippen LogP contribution in [0.4, 0.5) is 5.69 Å². The molecule has 4 nitrogen and oxygen atoms in total. The minimum Gasteiger partial charge on any atom is -0.459 e. The lowest BCUT2D eigenvalue weighted by atomic mass is 10.1. The molecular weight excluding hydrogens is 385 g/mol. The molecule has 0 aliphatic rings. The number of hydrogen-bond acceptors (Lipinski definition) is 3. The van der Waals surface area contributed by atoms with Gasteiger partial charge in [0.25, 0.3) is 5.91 Å². The predicted octanol–water partition coefficient (Wildman–Crippen LogP) is 5.65. The Kier molecular flexibility index (Phi) is 5.35. The van der Waals surface area contributed by atoms with Gasteiger partial charge in [-0.05, 0) is 42.5 Å². The maximum absolute atomic E-state index is 12.4. The molecule has 2 N–H and O–H groups in total. The lowest BCUT2D eigenvalue weighted by Gasteiger charge is -2.09. The van der Waals surface area contributed by atoms with Crippen LogP contribution in [0, 0.1) is 0 Å². The molecule has 0 aliphatic carbocycles. The largest absolute Gasteiger partial charge is 0.459 e. The molecule has 0 radical (unpaired) electrons. The SMILES string of the molecule is O=C(Nc1ccc(-c2ccc(CO)o2)c(Cl)c1)c1cccc(Cl)c1Cl. The van der Waals surface area contributed by atoms with Crippen molar-refractivity contribution in [3.05, 3.63) is 74.9 Å². The molecule has 25 heavy (non-hydrogen) atoms. The highest BCUT2D eigenvalue weighted by atomic mass is 35.5. The molecular formula is C18H12Cl3NO3. The first-order valence-electron chi connectivity index (χ1n) is 7.24. The van der Waals surface area contributed by atoms with Gasteiger partial charge in [0, 0.05) is 11.3 Å². The van der Waals surface area contributed by atoms with Crippen molar-refractivity contribution in [2.45, 2.75) is 6.61 Å². The molecule has 1 heterocycles. The van der Waals surface area contributed by atoms with Crippen molar-refractivity contribution in [1.82, 2.24) is 0 Å². The van der Waals surface area contributed by atoms with Gasteiger partial charge in [-0.25, -0.2) is 0 Å². The fraction of sp³-hybridized carbons (Fsp3) is 0.0556. The third-order valence-electron chi connectivity index (χ3n) is 3.51. The topological polar surface area (TPSA) is 62.5 Å². The summed E-state index contributed by atoms with van der Waals surface area (Å²) in [6.07, 6.45) is 0. The van der Waals surface area contributed by atoms with Gasteiger partial charge in [0.1, 0.15) is 18.1 Å². The third kappa shape index (κ3) is 3.83. The fourth-order valence-electron chi connectivity index (χ4n) is 2.28. The first-order valence-corrected chi connectivity index (χ1v) is 8.38. The highest BCUT2D eigenvalue weighted by Crippen LogP contribution is 2.32. The van der Waals surface area contributed by atoms with Gasteiger partial charge in [0.2, 0.25) is 0 Å². The number of furan rings is 1. The van der Waals surface area contributed by atoms with Gasteiger partial charge in [-0.2, -0.15) is 0 Å². The van der Waals surface area contributed by atoms with Crippen LogP contribution in [0.2, 0.25) is 15.1 Å². The van der Waals surface area contributed by atoms with Crippen LogP contribution in [-0.4, -0.2) is 11.0 Å². The van der Waals surface area contributed by atoms with E-state index in [1.807, 2.05) is 0 Å². The van der Waals surface area contributed by atoms with E-state index in [9.17, 15) is 4.79 Å². The Hall–Kier alpha value is -1.98. The summed E-state index contributed by atoms with van der Waals surface area (Å²) in [6, 6.07) is 13.2. The van der Waals surface area contributed by atoms with E-state index in [0.29, 0.717) is 32.8 Å². The summed E-state index contributed by atoms with van der Waals surface area (Å²) in [6.45, 7) is -0.188. The van der Waals surface area contributed by atoms with Gasteiger partial charge in [-0.15, -0.1) is 0 Å². The van der Waals surface area contributed by atoms with Gasteiger partial charge in [-0.1, -0.05) is 40.9 Å². The first kappa shape index (κ1) is 17.8. The summed E-state index contributed by atoms with van der Waals surface area (Å²) >= 11 is 18.3. The molecule has 0 saturated carbocycles. The second kappa shape index (κ2) is 7.50. The van der Waals surface area contributed by atoms with E-state index in [0.717, 1.165) is 0 Å². The van der Waals surface area contributed by atoms with Crippen molar-refractivity contribution in [3.63, 3.8) is 0 Å². The number of halogens is 3. The highest BCUT2D eigenvalue weighted by molar-refractivity contribution is 6.44. The van der Waals surface area contributed by atoms with Gasteiger partial charge in [-0.3, -0.25) is 4.79 Å². The maximum Gasteiger partial charge on any atom is 0.257 e. The normalized spacial score (nSPS) is 10.7. The lowest BCUT2D eigenvalue weighted by molar-refractivity contribution is 0.102. The van der Waals surface area contributed by atoms with Crippen molar-refractivity contribution in [2.75, 3.05) is 5.32 Å². The number of amides is 1. The summed E-state index contributed by atoms with van der Waals surface area (Å²) in [5.41, 5.74) is 1.43. The van der Waals surface area contributed by atoms with Crippen molar-refractivity contribution in [1.29, 1.82) is 0 Å². The Morgan fingerprint density at radius 1 is 1.04 bits per heavy atom. The molecule has 3 rings (SSSR count). The highest BCUT2D eigenvalue weighted by Gasteiger charge is 2.14. The van der Waals surface area contributed by atoms with E-state index < -0.39 is 5.91 Å². The molecule has 7 heteroatoms. The molecule has 3 aromatic rings. The van der Waals surface area contributed by atoms with E-state index in [1.54, 1.807) is 48.5 Å². The van der Waals surface area contributed by atoms with Gasteiger partial charge in [0.05, 0.1) is 20.6 Å². The Bertz CT molecular complexity index is 937. The number of carbonyl (C=O) groups is 1. The van der Waals surface area contributed by atoms with Crippen LogP contribution in [-0.2, 0) is 6.61 Å². The van der Waals surface area contributed by atoms with Gasteiger partial charge in [0.15, 0.2) is 0 Å². The minimum atomic E-state index is -0.392. The van der Waals surface area contributed by atoms with Crippen LogP contribution in [0.1, 0.15) is 16.1 Å². The molecule has 0 unspecified atom stereocenters. The van der Waals surface area contributed by atoms with E-state index >= 15 is 0 Å². The number of benzene rings is 2. The predicted molar refractivity (Wildman–Crippen MR) is 99.5 cm³/mol. The second-order valence-corrected chi connectivity index (χ2v) is 6.37. The van der Waals surface area contributed by atoms with Crippen LogP contribution < -0.4 is 5.32 Å². The maximum atomic E-state index is 12.4. The lowest BCUT2D eigenvalue weighted by Crippen LogP contribution is -2.12. The number of rotatable bonds is 4. The average Bonchev–Trinajstić information content (AvgIpc) is 3.06. The van der Waals surface area contributed by atoms with Crippen LogP contribution in [0.3, 0.4) is 0 Å².